The van der Waals surface area contributed by atoms with Crippen molar-refractivity contribution in [2.45, 2.75) is 32.6 Å². The number of amides is 1. The molecule has 3 heteroatoms. The SMILES string of the molecule is CCN1CCCC2(CCCN(c3ccccc3)C2=O)C1. The van der Waals surface area contributed by atoms with E-state index in [1.54, 1.807) is 0 Å². The molecule has 0 N–H and O–H groups in total. The fourth-order valence-electron chi connectivity index (χ4n) is 3.80. The van der Waals surface area contributed by atoms with Crippen molar-refractivity contribution in [2.75, 3.05) is 31.1 Å². The summed E-state index contributed by atoms with van der Waals surface area (Å²) in [5.41, 5.74) is 0.938. The van der Waals surface area contributed by atoms with Crippen LogP contribution in [-0.2, 0) is 4.79 Å². The van der Waals surface area contributed by atoms with Crippen molar-refractivity contribution in [2.24, 2.45) is 5.41 Å². The van der Waals surface area contributed by atoms with E-state index in [9.17, 15) is 4.79 Å². The van der Waals surface area contributed by atoms with Crippen LogP contribution in [0.1, 0.15) is 32.6 Å². The number of rotatable bonds is 2. The number of carbonyl (C=O) groups is 1. The molecule has 2 aliphatic heterocycles. The summed E-state index contributed by atoms with van der Waals surface area (Å²) in [7, 11) is 0. The van der Waals surface area contributed by atoms with Gasteiger partial charge in [-0.1, -0.05) is 25.1 Å². The van der Waals surface area contributed by atoms with Gasteiger partial charge in [0.2, 0.25) is 5.91 Å². The minimum absolute atomic E-state index is 0.123. The van der Waals surface area contributed by atoms with E-state index in [-0.39, 0.29) is 5.41 Å². The Hall–Kier alpha value is -1.35. The number of benzene rings is 1. The van der Waals surface area contributed by atoms with Gasteiger partial charge in [0.25, 0.3) is 0 Å². The molecule has 0 saturated carbocycles. The summed E-state index contributed by atoms with van der Waals surface area (Å²) in [6.45, 7) is 6.22. The first-order valence-electron chi connectivity index (χ1n) is 7.84. The second-order valence-corrected chi connectivity index (χ2v) is 6.15. The van der Waals surface area contributed by atoms with Crippen molar-refractivity contribution < 1.29 is 4.79 Å². The molecular formula is C17H24N2O. The van der Waals surface area contributed by atoms with E-state index in [2.05, 4.69) is 24.0 Å². The van der Waals surface area contributed by atoms with Crippen molar-refractivity contribution in [3.8, 4) is 0 Å². The zero-order valence-electron chi connectivity index (χ0n) is 12.3. The quantitative estimate of drug-likeness (QED) is 0.826. The van der Waals surface area contributed by atoms with E-state index >= 15 is 0 Å². The van der Waals surface area contributed by atoms with Crippen LogP contribution in [0.25, 0.3) is 0 Å². The maximum absolute atomic E-state index is 13.1. The van der Waals surface area contributed by atoms with Gasteiger partial charge in [-0.15, -0.1) is 0 Å². The highest BCUT2D eigenvalue weighted by Crippen LogP contribution is 2.40. The lowest BCUT2D eigenvalue weighted by Gasteiger charge is -2.47. The molecule has 1 unspecified atom stereocenters. The lowest BCUT2D eigenvalue weighted by Crippen LogP contribution is -2.56. The third-order valence-electron chi connectivity index (χ3n) is 4.91. The lowest BCUT2D eigenvalue weighted by molar-refractivity contribution is -0.134. The summed E-state index contributed by atoms with van der Waals surface area (Å²) in [4.78, 5) is 17.5. The molecule has 1 atom stereocenters. The smallest absolute Gasteiger partial charge is 0.234 e. The van der Waals surface area contributed by atoms with E-state index < -0.39 is 0 Å². The van der Waals surface area contributed by atoms with Crippen LogP contribution in [0.3, 0.4) is 0 Å². The number of anilines is 1. The predicted octanol–water partition coefficient (Wildman–Crippen LogP) is 2.92. The molecule has 1 amide bonds. The van der Waals surface area contributed by atoms with Crippen molar-refractivity contribution in [3.63, 3.8) is 0 Å². The molecule has 2 fully saturated rings. The lowest BCUT2D eigenvalue weighted by atomic mass is 9.73. The fraction of sp³-hybridized carbons (Fsp3) is 0.588. The molecule has 1 aromatic rings. The van der Waals surface area contributed by atoms with Gasteiger partial charge >= 0.3 is 0 Å². The largest absolute Gasteiger partial charge is 0.312 e. The first-order valence-corrected chi connectivity index (χ1v) is 7.84. The van der Waals surface area contributed by atoms with Crippen LogP contribution in [0, 0.1) is 5.41 Å². The van der Waals surface area contributed by atoms with E-state index in [1.807, 2.05) is 23.1 Å². The van der Waals surface area contributed by atoms with E-state index in [0.717, 1.165) is 57.5 Å². The van der Waals surface area contributed by atoms with Crippen LogP contribution >= 0.6 is 0 Å². The minimum atomic E-state index is -0.123. The third kappa shape index (κ3) is 2.35. The van der Waals surface area contributed by atoms with Gasteiger partial charge in [0, 0.05) is 18.8 Å². The van der Waals surface area contributed by atoms with Crippen molar-refractivity contribution in [3.05, 3.63) is 30.3 Å². The Morgan fingerprint density at radius 1 is 1.10 bits per heavy atom. The van der Waals surface area contributed by atoms with E-state index in [1.165, 1.54) is 0 Å². The molecule has 0 radical (unpaired) electrons. The predicted molar refractivity (Wildman–Crippen MR) is 81.8 cm³/mol. The molecule has 2 aliphatic rings. The number of piperidine rings is 2. The van der Waals surface area contributed by atoms with Gasteiger partial charge in [-0.3, -0.25) is 4.79 Å². The van der Waals surface area contributed by atoms with Crippen LogP contribution < -0.4 is 4.90 Å². The van der Waals surface area contributed by atoms with E-state index in [0.29, 0.717) is 5.91 Å². The first kappa shape index (κ1) is 13.6. The van der Waals surface area contributed by atoms with Crippen molar-refractivity contribution in [1.82, 2.24) is 4.90 Å². The maximum atomic E-state index is 13.1. The first-order chi connectivity index (χ1) is 9.75. The van der Waals surface area contributed by atoms with Crippen LogP contribution in [0.15, 0.2) is 30.3 Å². The Kier molecular flexibility index (Phi) is 3.79. The molecule has 20 heavy (non-hydrogen) atoms. The van der Waals surface area contributed by atoms with Crippen LogP contribution in [0.4, 0.5) is 5.69 Å². The van der Waals surface area contributed by atoms with Gasteiger partial charge in [-0.2, -0.15) is 0 Å². The number of carbonyl (C=O) groups excluding carboxylic acids is 1. The molecule has 2 heterocycles. The average molecular weight is 272 g/mol. The average Bonchev–Trinajstić information content (AvgIpc) is 2.51. The van der Waals surface area contributed by atoms with Gasteiger partial charge in [0.1, 0.15) is 0 Å². The van der Waals surface area contributed by atoms with Crippen LogP contribution in [0.2, 0.25) is 0 Å². The molecule has 0 aromatic heterocycles. The summed E-state index contributed by atoms with van der Waals surface area (Å²) in [6.07, 6.45) is 4.40. The zero-order chi connectivity index (χ0) is 14.0. The Morgan fingerprint density at radius 2 is 1.80 bits per heavy atom. The van der Waals surface area contributed by atoms with Gasteiger partial charge in [0.05, 0.1) is 5.41 Å². The molecular weight excluding hydrogens is 248 g/mol. The van der Waals surface area contributed by atoms with Gasteiger partial charge < -0.3 is 9.80 Å². The van der Waals surface area contributed by atoms with Crippen molar-refractivity contribution in [1.29, 1.82) is 0 Å². The zero-order valence-corrected chi connectivity index (χ0v) is 12.3. The summed E-state index contributed by atoms with van der Waals surface area (Å²) in [5.74, 6) is 0.355. The number of hydrogen-bond donors (Lipinski definition) is 0. The number of nitrogens with zero attached hydrogens (tertiary/aromatic N) is 2. The van der Waals surface area contributed by atoms with Gasteiger partial charge in [0.15, 0.2) is 0 Å². The van der Waals surface area contributed by atoms with Gasteiger partial charge in [-0.05, 0) is 50.9 Å². The Morgan fingerprint density at radius 3 is 2.50 bits per heavy atom. The molecule has 108 valence electrons. The number of likely N-dealkylation sites (tertiary alicyclic amines) is 1. The molecule has 3 nitrogen and oxygen atoms in total. The van der Waals surface area contributed by atoms with E-state index in [4.69, 9.17) is 0 Å². The molecule has 1 spiro atoms. The highest BCUT2D eigenvalue weighted by atomic mass is 16.2. The number of para-hydroxylation sites is 1. The summed E-state index contributed by atoms with van der Waals surface area (Å²) in [5, 5.41) is 0. The minimum Gasteiger partial charge on any atom is -0.312 e. The molecule has 1 aromatic carbocycles. The maximum Gasteiger partial charge on any atom is 0.234 e. The van der Waals surface area contributed by atoms with Gasteiger partial charge in [-0.25, -0.2) is 0 Å². The monoisotopic (exact) mass is 272 g/mol. The summed E-state index contributed by atoms with van der Waals surface area (Å²) >= 11 is 0. The highest BCUT2D eigenvalue weighted by Gasteiger charge is 2.46. The molecule has 3 rings (SSSR count). The second-order valence-electron chi connectivity index (χ2n) is 6.15. The number of hydrogen-bond acceptors (Lipinski definition) is 2. The second kappa shape index (κ2) is 5.57. The third-order valence-corrected chi connectivity index (χ3v) is 4.91. The van der Waals surface area contributed by atoms with Crippen molar-refractivity contribution >= 4 is 11.6 Å². The molecule has 2 saturated heterocycles. The standard InChI is InChI=1S/C17H24N2O/c1-2-18-12-6-10-17(14-18)11-7-13-19(16(17)20)15-8-4-3-5-9-15/h3-5,8-9H,2,6-7,10-14H2,1H3. The fourth-order valence-corrected chi connectivity index (χ4v) is 3.80. The topological polar surface area (TPSA) is 23.6 Å². The normalized spacial score (nSPS) is 28.1. The Labute approximate surface area is 121 Å². The van der Waals surface area contributed by atoms with Crippen LogP contribution in [0.5, 0.6) is 0 Å². The van der Waals surface area contributed by atoms with Crippen LogP contribution in [-0.4, -0.2) is 37.0 Å². The Bertz CT molecular complexity index is 469. The molecule has 0 aliphatic carbocycles. The highest BCUT2D eigenvalue weighted by molar-refractivity contribution is 5.98. The molecule has 0 bridgehead atoms. The Balaban J connectivity index is 1.85. The summed E-state index contributed by atoms with van der Waals surface area (Å²) < 4.78 is 0. The summed E-state index contributed by atoms with van der Waals surface area (Å²) in [6, 6.07) is 10.1.